The Morgan fingerprint density at radius 2 is 1.77 bits per heavy atom. The van der Waals surface area contributed by atoms with Crippen LogP contribution in [0.2, 0.25) is 0 Å². The summed E-state index contributed by atoms with van der Waals surface area (Å²) in [4.78, 5) is 25.6. The summed E-state index contributed by atoms with van der Waals surface area (Å²) >= 11 is 0. The van der Waals surface area contributed by atoms with E-state index in [2.05, 4.69) is 0 Å². The Morgan fingerprint density at radius 3 is 2.42 bits per heavy atom. The Labute approximate surface area is 153 Å². The number of hydrogen-bond donors (Lipinski definition) is 1. The normalized spacial score (nSPS) is 19.8. The van der Waals surface area contributed by atoms with Gasteiger partial charge in [0.2, 0.25) is 0 Å². The van der Waals surface area contributed by atoms with Crippen molar-refractivity contribution in [1.82, 2.24) is 4.90 Å². The number of likely N-dealkylation sites (tertiary alicyclic amines) is 1. The Balaban J connectivity index is 1.62. The largest absolute Gasteiger partial charge is 0.489 e. The Bertz CT molecular complexity index is 757. The van der Waals surface area contributed by atoms with Gasteiger partial charge in [0.25, 0.3) is 5.91 Å². The number of carbonyl (C=O) groups is 2. The number of ether oxygens (including phenoxy) is 1. The Kier molecular flexibility index (Phi) is 5.56. The third kappa shape index (κ3) is 4.42. The van der Waals surface area contributed by atoms with Gasteiger partial charge in [0, 0.05) is 18.7 Å². The quantitative estimate of drug-likeness (QED) is 0.894. The molecule has 0 radical (unpaired) electrons. The number of nitrogens with zero attached hydrogens (tertiary/aromatic N) is 1. The van der Waals surface area contributed by atoms with Crippen LogP contribution in [0.25, 0.3) is 0 Å². The average Bonchev–Trinajstić information content (AvgIpc) is 2.66. The summed E-state index contributed by atoms with van der Waals surface area (Å²) in [6.45, 7) is 3.31. The van der Waals surface area contributed by atoms with Crippen LogP contribution in [0.1, 0.15) is 29.3 Å². The van der Waals surface area contributed by atoms with Gasteiger partial charge in [-0.2, -0.15) is 0 Å². The first-order valence-electron chi connectivity index (χ1n) is 8.82. The van der Waals surface area contributed by atoms with Crippen molar-refractivity contribution in [3.63, 3.8) is 0 Å². The number of aliphatic carboxylic acids is 1. The van der Waals surface area contributed by atoms with Crippen LogP contribution >= 0.6 is 0 Å². The molecule has 2 atom stereocenters. The predicted molar refractivity (Wildman–Crippen MR) is 98.0 cm³/mol. The van der Waals surface area contributed by atoms with Gasteiger partial charge in [0.05, 0.1) is 5.92 Å². The maximum Gasteiger partial charge on any atom is 0.308 e. The number of carbonyl (C=O) groups excluding carboxylic acids is 1. The number of rotatable bonds is 5. The number of amides is 1. The van der Waals surface area contributed by atoms with E-state index in [1.54, 1.807) is 29.2 Å². The van der Waals surface area contributed by atoms with E-state index in [1.807, 2.05) is 37.3 Å². The van der Waals surface area contributed by atoms with E-state index < -0.39 is 11.9 Å². The minimum atomic E-state index is -0.834. The summed E-state index contributed by atoms with van der Waals surface area (Å²) < 4.78 is 5.74. The van der Waals surface area contributed by atoms with E-state index >= 15 is 0 Å². The molecular formula is C21H23NO4. The second-order valence-electron chi connectivity index (χ2n) is 6.88. The van der Waals surface area contributed by atoms with Crippen LogP contribution in [0.4, 0.5) is 0 Å². The highest BCUT2D eigenvalue weighted by atomic mass is 16.5. The van der Waals surface area contributed by atoms with Crippen molar-refractivity contribution in [2.45, 2.75) is 20.0 Å². The second-order valence-corrected chi connectivity index (χ2v) is 6.88. The van der Waals surface area contributed by atoms with Crippen molar-refractivity contribution in [3.8, 4) is 5.75 Å². The van der Waals surface area contributed by atoms with Crippen molar-refractivity contribution in [2.24, 2.45) is 11.8 Å². The first-order chi connectivity index (χ1) is 12.5. The molecule has 0 aromatic heterocycles. The summed E-state index contributed by atoms with van der Waals surface area (Å²) in [7, 11) is 0. The number of hydrogen-bond acceptors (Lipinski definition) is 3. The maximum atomic E-state index is 12.7. The van der Waals surface area contributed by atoms with Crippen LogP contribution in [-0.2, 0) is 11.4 Å². The van der Waals surface area contributed by atoms with Crippen LogP contribution in [0.5, 0.6) is 5.75 Å². The monoisotopic (exact) mass is 353 g/mol. The standard InChI is InChI=1S/C21H23NO4/c1-15-11-18(21(24)25)13-22(12-15)20(23)17-7-9-19(10-8-17)26-14-16-5-3-2-4-6-16/h2-10,15,18H,11-14H2,1H3,(H,24,25). The lowest BCUT2D eigenvalue weighted by Crippen LogP contribution is -2.45. The van der Waals surface area contributed by atoms with Crippen LogP contribution in [0, 0.1) is 11.8 Å². The second kappa shape index (κ2) is 8.04. The smallest absolute Gasteiger partial charge is 0.308 e. The molecule has 136 valence electrons. The fourth-order valence-electron chi connectivity index (χ4n) is 3.31. The number of benzene rings is 2. The minimum Gasteiger partial charge on any atom is -0.489 e. The molecule has 1 N–H and O–H groups in total. The Hall–Kier alpha value is -2.82. The zero-order valence-electron chi connectivity index (χ0n) is 14.8. The molecule has 26 heavy (non-hydrogen) atoms. The van der Waals surface area contributed by atoms with Gasteiger partial charge in [-0.25, -0.2) is 0 Å². The molecule has 0 aliphatic carbocycles. The predicted octanol–water partition coefficient (Wildman–Crippen LogP) is 3.45. The SMILES string of the molecule is CC1CC(C(=O)O)CN(C(=O)c2ccc(OCc3ccccc3)cc2)C1. The molecule has 1 amide bonds. The summed E-state index contributed by atoms with van der Waals surface area (Å²) in [5.74, 6) is -0.573. The van der Waals surface area contributed by atoms with Crippen molar-refractivity contribution in [2.75, 3.05) is 13.1 Å². The molecule has 2 aromatic carbocycles. The zero-order chi connectivity index (χ0) is 18.5. The lowest BCUT2D eigenvalue weighted by molar-refractivity contribution is -0.143. The van der Waals surface area contributed by atoms with Gasteiger partial charge in [-0.1, -0.05) is 37.3 Å². The minimum absolute atomic E-state index is 0.127. The summed E-state index contributed by atoms with van der Waals surface area (Å²) in [5.41, 5.74) is 1.63. The van der Waals surface area contributed by atoms with Crippen molar-refractivity contribution < 1.29 is 19.4 Å². The molecule has 5 heteroatoms. The van der Waals surface area contributed by atoms with Gasteiger partial charge in [-0.15, -0.1) is 0 Å². The highest BCUT2D eigenvalue weighted by Gasteiger charge is 2.32. The summed E-state index contributed by atoms with van der Waals surface area (Å²) in [5, 5.41) is 9.26. The third-order valence-corrected chi connectivity index (χ3v) is 4.65. The summed E-state index contributed by atoms with van der Waals surface area (Å²) in [6, 6.07) is 16.9. The number of carboxylic acids is 1. The topological polar surface area (TPSA) is 66.8 Å². The van der Waals surface area contributed by atoms with Gasteiger partial charge < -0.3 is 14.7 Å². The molecule has 0 bridgehead atoms. The fraction of sp³-hybridized carbons (Fsp3) is 0.333. The Morgan fingerprint density at radius 1 is 1.08 bits per heavy atom. The number of piperidine rings is 1. The molecule has 1 aliphatic rings. The van der Waals surface area contributed by atoms with Crippen LogP contribution in [0.3, 0.4) is 0 Å². The van der Waals surface area contributed by atoms with E-state index in [4.69, 9.17) is 4.74 Å². The van der Waals surface area contributed by atoms with Crippen molar-refractivity contribution >= 4 is 11.9 Å². The first-order valence-corrected chi connectivity index (χ1v) is 8.82. The van der Waals surface area contributed by atoms with Crippen molar-refractivity contribution in [1.29, 1.82) is 0 Å². The highest BCUT2D eigenvalue weighted by Crippen LogP contribution is 2.24. The molecule has 1 aliphatic heterocycles. The zero-order valence-corrected chi connectivity index (χ0v) is 14.8. The van der Waals surface area contributed by atoms with E-state index in [0.717, 1.165) is 5.56 Å². The molecular weight excluding hydrogens is 330 g/mol. The third-order valence-electron chi connectivity index (χ3n) is 4.65. The molecule has 5 nitrogen and oxygen atoms in total. The number of carboxylic acid groups (broad SMARTS) is 1. The van der Waals surface area contributed by atoms with Gasteiger partial charge in [0.15, 0.2) is 0 Å². The molecule has 1 saturated heterocycles. The van der Waals surface area contributed by atoms with E-state index in [-0.39, 0.29) is 18.4 Å². The van der Waals surface area contributed by atoms with Crippen molar-refractivity contribution in [3.05, 3.63) is 65.7 Å². The van der Waals surface area contributed by atoms with Crippen LogP contribution < -0.4 is 4.74 Å². The van der Waals surface area contributed by atoms with Crippen LogP contribution in [0.15, 0.2) is 54.6 Å². The first kappa shape index (κ1) is 18.0. The summed E-state index contributed by atoms with van der Waals surface area (Å²) in [6.07, 6.45) is 0.616. The average molecular weight is 353 g/mol. The van der Waals surface area contributed by atoms with Gasteiger partial charge >= 0.3 is 5.97 Å². The van der Waals surface area contributed by atoms with Gasteiger partial charge in [0.1, 0.15) is 12.4 Å². The van der Waals surface area contributed by atoms with Gasteiger partial charge in [-0.05, 0) is 42.2 Å². The highest BCUT2D eigenvalue weighted by molar-refractivity contribution is 5.94. The molecule has 1 heterocycles. The molecule has 3 rings (SSSR count). The molecule has 0 spiro atoms. The lowest BCUT2D eigenvalue weighted by atomic mass is 9.90. The fourth-order valence-corrected chi connectivity index (χ4v) is 3.31. The molecule has 1 fully saturated rings. The maximum absolute atomic E-state index is 12.7. The van der Waals surface area contributed by atoms with Crippen LogP contribution in [-0.4, -0.2) is 35.0 Å². The lowest BCUT2D eigenvalue weighted by Gasteiger charge is -2.34. The molecule has 2 unspecified atom stereocenters. The molecule has 2 aromatic rings. The van der Waals surface area contributed by atoms with E-state index in [1.165, 1.54) is 0 Å². The molecule has 0 saturated carbocycles. The van der Waals surface area contributed by atoms with E-state index in [0.29, 0.717) is 30.9 Å². The van der Waals surface area contributed by atoms with Gasteiger partial charge in [-0.3, -0.25) is 9.59 Å². The van der Waals surface area contributed by atoms with E-state index in [9.17, 15) is 14.7 Å².